The number of hydrazine groups is 1. The maximum Gasteiger partial charge on any atom is 0.345 e. The van der Waals surface area contributed by atoms with E-state index in [2.05, 4.69) is 16.8 Å². The molecule has 0 aliphatic heterocycles. The average Bonchev–Trinajstić information content (AvgIpc) is 2.61. The molecule has 2 aromatic carbocycles. The first-order valence-corrected chi connectivity index (χ1v) is 7.49. The van der Waals surface area contributed by atoms with Gasteiger partial charge in [-0.2, -0.15) is 5.26 Å². The van der Waals surface area contributed by atoms with Crippen molar-refractivity contribution in [2.24, 2.45) is 0 Å². The first-order valence-electron chi connectivity index (χ1n) is 7.49. The number of nitrogens with zero attached hydrogens (tertiary/aromatic N) is 2. The first kappa shape index (κ1) is 17.0. The van der Waals surface area contributed by atoms with Gasteiger partial charge in [0.05, 0.1) is 17.7 Å². The Kier molecular flexibility index (Phi) is 5.92. The van der Waals surface area contributed by atoms with E-state index in [1.807, 2.05) is 37.3 Å². The fraction of sp³-hybridized carbons (Fsp3) is 0.167. The summed E-state index contributed by atoms with van der Waals surface area (Å²) in [6, 6.07) is 19.0. The largest absolute Gasteiger partial charge is 0.478 e. The number of hydrogen-bond donors (Lipinski definition) is 3. The maximum absolute atomic E-state index is 10.7. The molecule has 0 aliphatic carbocycles. The number of nitrogens with one attached hydrogen (secondary N) is 2. The Hall–Kier alpha value is -3.33. The van der Waals surface area contributed by atoms with E-state index in [1.165, 1.54) is 0 Å². The van der Waals surface area contributed by atoms with Crippen molar-refractivity contribution in [3.8, 4) is 6.07 Å². The lowest BCUT2D eigenvalue weighted by atomic mass is 10.1. The van der Waals surface area contributed by atoms with Gasteiger partial charge in [-0.1, -0.05) is 30.3 Å². The van der Waals surface area contributed by atoms with Crippen LogP contribution in [0.3, 0.4) is 0 Å². The Morgan fingerprint density at radius 2 is 1.92 bits per heavy atom. The number of aliphatic carboxylic acids is 1. The molecule has 6 heteroatoms. The number of hydrazone groups is 1. The van der Waals surface area contributed by atoms with Gasteiger partial charge in [0.15, 0.2) is 12.2 Å². The third-order valence-electron chi connectivity index (χ3n) is 3.38. The third kappa shape index (κ3) is 4.85. The molecule has 122 valence electrons. The van der Waals surface area contributed by atoms with Gasteiger partial charge in [-0.05, 0) is 36.8 Å². The van der Waals surface area contributed by atoms with Gasteiger partial charge in [-0.15, -0.1) is 4.68 Å². The zero-order chi connectivity index (χ0) is 17.4. The molecule has 1 atom stereocenters. The van der Waals surface area contributed by atoms with Crippen LogP contribution in [0.5, 0.6) is 0 Å². The molecule has 0 saturated carbocycles. The fourth-order valence-corrected chi connectivity index (χ4v) is 2.13. The van der Waals surface area contributed by atoms with Gasteiger partial charge in [0, 0.05) is 0 Å². The number of carboxylic acids is 1. The van der Waals surface area contributed by atoms with E-state index < -0.39 is 5.97 Å². The second-order valence-electron chi connectivity index (χ2n) is 5.19. The lowest BCUT2D eigenvalue weighted by Gasteiger charge is -2.16. The lowest BCUT2D eigenvalue weighted by Crippen LogP contribution is -2.34. The van der Waals surface area contributed by atoms with E-state index in [0.717, 1.165) is 11.3 Å². The standard InChI is InChI=1S/C18H18N4O2/c1-14(16-5-3-2-4-6-16)21-22(13-20-12-18(23)24)17-9-7-15(11-19)8-10-17/h2-10,13-14,21H,12H2,1H3,(H,23,24)/p+1/t14-/m1/s1. The van der Waals surface area contributed by atoms with Crippen molar-refractivity contribution in [1.82, 2.24) is 10.7 Å². The Morgan fingerprint density at radius 1 is 1.25 bits per heavy atom. The van der Waals surface area contributed by atoms with Crippen LogP contribution in [0.1, 0.15) is 24.1 Å². The number of nitriles is 1. The van der Waals surface area contributed by atoms with E-state index in [9.17, 15) is 4.79 Å². The molecule has 0 bridgehead atoms. The molecule has 0 amide bonds. The topological polar surface area (TPSA) is 88.2 Å². The zero-order valence-corrected chi connectivity index (χ0v) is 13.3. The molecule has 2 aromatic rings. The minimum absolute atomic E-state index is 0.00437. The summed E-state index contributed by atoms with van der Waals surface area (Å²) in [6.45, 7) is 1.82. The van der Waals surface area contributed by atoms with Crippen molar-refractivity contribution in [3.05, 3.63) is 65.7 Å². The van der Waals surface area contributed by atoms with Crippen LogP contribution in [0.25, 0.3) is 0 Å². The highest BCUT2D eigenvalue weighted by Crippen LogP contribution is 2.15. The van der Waals surface area contributed by atoms with Gasteiger partial charge in [0.1, 0.15) is 0 Å². The summed E-state index contributed by atoms with van der Waals surface area (Å²) < 4.78 is 1.71. The van der Waals surface area contributed by atoms with Gasteiger partial charge >= 0.3 is 5.97 Å². The number of hydrogen-bond acceptors (Lipinski definition) is 3. The molecule has 0 radical (unpaired) electrons. The highest BCUT2D eigenvalue weighted by molar-refractivity contribution is 5.72. The summed E-state index contributed by atoms with van der Waals surface area (Å²) in [5.74, 6) is -0.942. The molecule has 2 rings (SSSR count). The van der Waals surface area contributed by atoms with Crippen LogP contribution in [-0.4, -0.2) is 28.6 Å². The van der Waals surface area contributed by atoms with E-state index >= 15 is 0 Å². The molecule has 0 unspecified atom stereocenters. The molecule has 0 fully saturated rings. The van der Waals surface area contributed by atoms with Crippen LogP contribution >= 0.6 is 0 Å². The average molecular weight is 323 g/mol. The molecule has 0 aromatic heterocycles. The maximum atomic E-state index is 10.7. The fourth-order valence-electron chi connectivity index (χ4n) is 2.13. The van der Waals surface area contributed by atoms with E-state index in [4.69, 9.17) is 10.4 Å². The smallest absolute Gasteiger partial charge is 0.345 e. The summed E-state index contributed by atoms with van der Waals surface area (Å²) in [7, 11) is 0. The third-order valence-corrected chi connectivity index (χ3v) is 3.38. The minimum atomic E-state index is -0.942. The van der Waals surface area contributed by atoms with Gasteiger partial charge in [0.2, 0.25) is 0 Å². The summed E-state index contributed by atoms with van der Waals surface area (Å²) in [6.07, 6.45) is 1.56. The van der Waals surface area contributed by atoms with Crippen LogP contribution in [0, 0.1) is 11.3 Å². The molecule has 0 aliphatic rings. The zero-order valence-electron chi connectivity index (χ0n) is 13.3. The van der Waals surface area contributed by atoms with E-state index in [-0.39, 0.29) is 12.6 Å². The summed E-state index contributed by atoms with van der Waals surface area (Å²) in [5.41, 5.74) is 5.75. The van der Waals surface area contributed by atoms with Crippen LogP contribution < -0.4 is 10.7 Å². The molecule has 0 saturated heterocycles. The van der Waals surface area contributed by atoms with E-state index in [1.54, 1.807) is 35.3 Å². The minimum Gasteiger partial charge on any atom is -0.478 e. The molecule has 24 heavy (non-hydrogen) atoms. The number of rotatable bonds is 7. The van der Waals surface area contributed by atoms with Gasteiger partial charge in [-0.25, -0.2) is 10.2 Å². The predicted molar refractivity (Wildman–Crippen MR) is 90.8 cm³/mol. The lowest BCUT2D eigenvalue weighted by molar-refractivity contribution is -0.512. The molecule has 6 nitrogen and oxygen atoms in total. The van der Waals surface area contributed by atoms with Crippen LogP contribution in [0.2, 0.25) is 0 Å². The van der Waals surface area contributed by atoms with Crippen molar-refractivity contribution in [1.29, 1.82) is 5.26 Å². The number of carboxylic acid groups (broad SMARTS) is 1. The molecule has 0 heterocycles. The second-order valence-corrected chi connectivity index (χ2v) is 5.19. The van der Waals surface area contributed by atoms with Crippen LogP contribution in [0.15, 0.2) is 54.6 Å². The monoisotopic (exact) mass is 323 g/mol. The highest BCUT2D eigenvalue weighted by Gasteiger charge is 2.12. The summed E-state index contributed by atoms with van der Waals surface area (Å²) in [5, 5.41) is 20.4. The van der Waals surface area contributed by atoms with Gasteiger partial charge in [-0.3, -0.25) is 5.32 Å². The van der Waals surface area contributed by atoms with Crippen molar-refractivity contribution < 1.29 is 14.6 Å². The van der Waals surface area contributed by atoms with E-state index in [0.29, 0.717) is 5.56 Å². The molecule has 3 N–H and O–H groups in total. The Balaban J connectivity index is 2.21. The van der Waals surface area contributed by atoms with Gasteiger partial charge < -0.3 is 5.11 Å². The SMILES string of the molecule is C[C@@H](N[N+](=CNCC(=O)O)c1ccc(C#N)cc1)c1ccccc1. The second kappa shape index (κ2) is 8.34. The normalized spacial score (nSPS) is 12.1. The Bertz CT molecular complexity index is 749. The van der Waals surface area contributed by atoms with Crippen molar-refractivity contribution in [3.63, 3.8) is 0 Å². The van der Waals surface area contributed by atoms with Crippen molar-refractivity contribution >= 4 is 18.0 Å². The van der Waals surface area contributed by atoms with Crippen molar-refractivity contribution in [2.75, 3.05) is 6.54 Å². The first-order chi connectivity index (χ1) is 11.6. The number of carbonyl (C=O) groups is 1. The van der Waals surface area contributed by atoms with Crippen LogP contribution in [0.4, 0.5) is 5.69 Å². The predicted octanol–water partition coefficient (Wildman–Crippen LogP) is 2.17. The Morgan fingerprint density at radius 3 is 2.50 bits per heavy atom. The molecule has 0 spiro atoms. The highest BCUT2D eigenvalue weighted by atomic mass is 16.4. The molecular weight excluding hydrogens is 304 g/mol. The van der Waals surface area contributed by atoms with Crippen LogP contribution in [-0.2, 0) is 4.79 Å². The Labute approximate surface area is 140 Å². The molecular formula is C18H19N4O2+. The quantitative estimate of drug-likeness (QED) is 0.314. The number of benzene rings is 2. The summed E-state index contributed by atoms with van der Waals surface area (Å²) >= 11 is 0. The van der Waals surface area contributed by atoms with Crippen molar-refractivity contribution in [2.45, 2.75) is 13.0 Å². The summed E-state index contributed by atoms with van der Waals surface area (Å²) in [4.78, 5) is 10.7. The van der Waals surface area contributed by atoms with Gasteiger partial charge in [0.25, 0.3) is 6.34 Å².